The van der Waals surface area contributed by atoms with Crippen LogP contribution in [-0.4, -0.2) is 0 Å². The molecular formula is C10H14ClNS. The number of aryl methyl sites for hydroxylation is 1. The van der Waals surface area contributed by atoms with E-state index in [1.54, 1.807) is 11.3 Å². The van der Waals surface area contributed by atoms with Gasteiger partial charge in [-0.25, -0.2) is 0 Å². The van der Waals surface area contributed by atoms with E-state index in [-0.39, 0.29) is 5.54 Å². The second-order valence-electron chi connectivity index (χ2n) is 3.90. The van der Waals surface area contributed by atoms with Crippen LogP contribution >= 0.6 is 22.9 Å². The molecule has 0 amide bonds. The van der Waals surface area contributed by atoms with Crippen molar-refractivity contribution >= 4 is 22.9 Å². The minimum atomic E-state index is -0.115. The molecule has 0 aliphatic heterocycles. The minimum Gasteiger partial charge on any atom is -0.321 e. The quantitative estimate of drug-likeness (QED) is 0.763. The van der Waals surface area contributed by atoms with Crippen LogP contribution in [0.2, 0.25) is 5.02 Å². The topological polar surface area (TPSA) is 26.0 Å². The molecule has 0 bridgehead atoms. The largest absolute Gasteiger partial charge is 0.321 e. The van der Waals surface area contributed by atoms with Gasteiger partial charge in [0, 0.05) is 9.75 Å². The van der Waals surface area contributed by atoms with Gasteiger partial charge in [-0.05, 0) is 25.8 Å². The van der Waals surface area contributed by atoms with Crippen LogP contribution < -0.4 is 5.73 Å². The van der Waals surface area contributed by atoms with Gasteiger partial charge in [-0.2, -0.15) is 0 Å². The second kappa shape index (κ2) is 3.26. The Labute approximate surface area is 87.9 Å². The highest BCUT2D eigenvalue weighted by Gasteiger charge is 2.34. The third kappa shape index (κ3) is 1.63. The standard InChI is InChI=1S/C10H14ClNS/c1-7-6-8(11)9(13-7)10(12)4-2-3-5-10/h6H,2-5,12H2,1H3. The monoisotopic (exact) mass is 215 g/mol. The number of rotatable bonds is 1. The molecule has 0 unspecified atom stereocenters. The van der Waals surface area contributed by atoms with Gasteiger partial charge in [-0.3, -0.25) is 0 Å². The van der Waals surface area contributed by atoms with Crippen molar-refractivity contribution in [1.29, 1.82) is 0 Å². The molecule has 1 aromatic heterocycles. The van der Waals surface area contributed by atoms with Gasteiger partial charge in [0.15, 0.2) is 0 Å². The van der Waals surface area contributed by atoms with Crippen LogP contribution in [-0.2, 0) is 5.54 Å². The molecule has 1 heterocycles. The predicted octanol–water partition coefficient (Wildman–Crippen LogP) is 3.44. The molecule has 1 nitrogen and oxygen atoms in total. The van der Waals surface area contributed by atoms with Crippen LogP contribution in [0, 0.1) is 6.92 Å². The fourth-order valence-corrected chi connectivity index (χ4v) is 3.65. The van der Waals surface area contributed by atoms with Crippen LogP contribution in [0.5, 0.6) is 0 Å². The SMILES string of the molecule is Cc1cc(Cl)c(C2(N)CCCC2)s1. The Morgan fingerprint density at radius 1 is 1.46 bits per heavy atom. The van der Waals surface area contributed by atoms with E-state index in [0.717, 1.165) is 17.9 Å². The van der Waals surface area contributed by atoms with Crippen LogP contribution in [0.25, 0.3) is 0 Å². The van der Waals surface area contributed by atoms with Crippen LogP contribution in [0.15, 0.2) is 6.07 Å². The van der Waals surface area contributed by atoms with Crippen molar-refractivity contribution in [3.63, 3.8) is 0 Å². The summed E-state index contributed by atoms with van der Waals surface area (Å²) in [6.45, 7) is 2.08. The van der Waals surface area contributed by atoms with Gasteiger partial charge in [0.05, 0.1) is 10.6 Å². The highest BCUT2D eigenvalue weighted by molar-refractivity contribution is 7.12. The number of halogens is 1. The summed E-state index contributed by atoms with van der Waals surface area (Å²) in [5, 5.41) is 0.868. The average Bonchev–Trinajstić information content (AvgIpc) is 2.59. The molecule has 0 aromatic carbocycles. The molecule has 0 atom stereocenters. The molecule has 1 aliphatic carbocycles. The Morgan fingerprint density at radius 2 is 2.08 bits per heavy atom. The van der Waals surface area contributed by atoms with Crippen molar-refractivity contribution in [2.24, 2.45) is 5.73 Å². The molecule has 13 heavy (non-hydrogen) atoms. The van der Waals surface area contributed by atoms with E-state index in [9.17, 15) is 0 Å². The number of hydrogen-bond donors (Lipinski definition) is 1. The van der Waals surface area contributed by atoms with E-state index >= 15 is 0 Å². The predicted molar refractivity (Wildman–Crippen MR) is 58.4 cm³/mol. The maximum Gasteiger partial charge on any atom is 0.0566 e. The van der Waals surface area contributed by atoms with Crippen molar-refractivity contribution in [3.8, 4) is 0 Å². The van der Waals surface area contributed by atoms with E-state index < -0.39 is 0 Å². The maximum absolute atomic E-state index is 6.32. The molecule has 0 saturated heterocycles. The molecule has 0 spiro atoms. The van der Waals surface area contributed by atoms with Crippen LogP contribution in [0.3, 0.4) is 0 Å². The molecule has 1 fully saturated rings. The third-order valence-corrected chi connectivity index (χ3v) is 4.44. The summed E-state index contributed by atoms with van der Waals surface area (Å²) in [7, 11) is 0. The molecular weight excluding hydrogens is 202 g/mol. The lowest BCUT2D eigenvalue weighted by atomic mass is 9.97. The normalized spacial score (nSPS) is 20.8. The van der Waals surface area contributed by atoms with Crippen molar-refractivity contribution in [1.82, 2.24) is 0 Å². The molecule has 0 radical (unpaired) electrons. The second-order valence-corrected chi connectivity index (χ2v) is 5.56. The lowest BCUT2D eigenvalue weighted by Crippen LogP contribution is -2.32. The van der Waals surface area contributed by atoms with Crippen molar-refractivity contribution < 1.29 is 0 Å². The van der Waals surface area contributed by atoms with Gasteiger partial charge in [0.1, 0.15) is 0 Å². The first kappa shape index (κ1) is 9.50. The van der Waals surface area contributed by atoms with Crippen molar-refractivity contribution in [2.75, 3.05) is 0 Å². The Hall–Kier alpha value is -0.0500. The first-order chi connectivity index (χ1) is 6.12. The molecule has 3 heteroatoms. The van der Waals surface area contributed by atoms with Gasteiger partial charge >= 0.3 is 0 Å². The van der Waals surface area contributed by atoms with E-state index in [2.05, 4.69) is 6.92 Å². The van der Waals surface area contributed by atoms with Gasteiger partial charge in [0.25, 0.3) is 0 Å². The molecule has 1 saturated carbocycles. The average molecular weight is 216 g/mol. The molecule has 72 valence electrons. The number of thiophene rings is 1. The highest BCUT2D eigenvalue weighted by atomic mass is 35.5. The van der Waals surface area contributed by atoms with Crippen LogP contribution in [0.4, 0.5) is 0 Å². The first-order valence-corrected chi connectivity index (χ1v) is 5.86. The summed E-state index contributed by atoms with van der Waals surface area (Å²) in [6, 6.07) is 2.02. The van der Waals surface area contributed by atoms with E-state index in [1.807, 2.05) is 6.07 Å². The van der Waals surface area contributed by atoms with Crippen LogP contribution in [0.1, 0.15) is 35.4 Å². The summed E-state index contributed by atoms with van der Waals surface area (Å²) in [4.78, 5) is 2.46. The summed E-state index contributed by atoms with van der Waals surface area (Å²) in [5.74, 6) is 0. The summed E-state index contributed by atoms with van der Waals surface area (Å²) < 4.78 is 0. The summed E-state index contributed by atoms with van der Waals surface area (Å²) in [5.41, 5.74) is 6.21. The van der Waals surface area contributed by atoms with Crippen molar-refractivity contribution in [3.05, 3.63) is 20.8 Å². The van der Waals surface area contributed by atoms with Gasteiger partial charge < -0.3 is 5.73 Å². The molecule has 2 N–H and O–H groups in total. The minimum absolute atomic E-state index is 0.115. The van der Waals surface area contributed by atoms with E-state index in [4.69, 9.17) is 17.3 Å². The van der Waals surface area contributed by atoms with E-state index in [1.165, 1.54) is 22.6 Å². The molecule has 2 rings (SSSR count). The smallest absolute Gasteiger partial charge is 0.0566 e. The fraction of sp³-hybridized carbons (Fsp3) is 0.600. The number of hydrogen-bond acceptors (Lipinski definition) is 2. The van der Waals surface area contributed by atoms with Gasteiger partial charge in [0.2, 0.25) is 0 Å². The molecule has 1 aromatic rings. The third-order valence-electron chi connectivity index (χ3n) is 2.76. The van der Waals surface area contributed by atoms with Gasteiger partial charge in [-0.1, -0.05) is 24.4 Å². The Bertz CT molecular complexity index is 313. The molecule has 1 aliphatic rings. The van der Waals surface area contributed by atoms with Gasteiger partial charge in [-0.15, -0.1) is 11.3 Å². The zero-order chi connectivity index (χ0) is 9.47. The number of nitrogens with two attached hydrogens (primary N) is 1. The van der Waals surface area contributed by atoms with E-state index in [0.29, 0.717) is 0 Å². The zero-order valence-corrected chi connectivity index (χ0v) is 9.34. The zero-order valence-electron chi connectivity index (χ0n) is 7.77. The van der Waals surface area contributed by atoms with Crippen molar-refractivity contribution in [2.45, 2.75) is 38.1 Å². The Morgan fingerprint density at radius 3 is 2.54 bits per heavy atom. The fourth-order valence-electron chi connectivity index (χ4n) is 2.06. The highest BCUT2D eigenvalue weighted by Crippen LogP contribution is 2.43. The summed E-state index contributed by atoms with van der Waals surface area (Å²) in [6.07, 6.45) is 4.66. The Balaban J connectivity index is 2.38. The first-order valence-electron chi connectivity index (χ1n) is 4.67. The summed E-state index contributed by atoms with van der Waals surface area (Å²) >= 11 is 7.90. The Kier molecular flexibility index (Phi) is 2.39. The lowest BCUT2D eigenvalue weighted by molar-refractivity contribution is 0.472. The maximum atomic E-state index is 6.32. The lowest BCUT2D eigenvalue weighted by Gasteiger charge is -2.22.